The van der Waals surface area contributed by atoms with E-state index in [1.807, 2.05) is 0 Å². The lowest BCUT2D eigenvalue weighted by Crippen LogP contribution is -2.39. The Morgan fingerprint density at radius 2 is 1.76 bits per heavy atom. The second-order valence-electron chi connectivity index (χ2n) is 5.26. The maximum absolute atomic E-state index is 13.4. The van der Waals surface area contributed by atoms with Gasteiger partial charge in [-0.25, -0.2) is 18.0 Å². The molecule has 2 rings (SSSR count). The maximum atomic E-state index is 13.4. The zero-order valence-corrected chi connectivity index (χ0v) is 11.8. The van der Waals surface area contributed by atoms with Crippen LogP contribution in [0.3, 0.4) is 0 Å². The molecule has 1 aliphatic rings. The summed E-state index contributed by atoms with van der Waals surface area (Å²) in [4.78, 5) is 11.9. The van der Waals surface area contributed by atoms with Crippen molar-refractivity contribution in [3.8, 4) is 0 Å². The van der Waals surface area contributed by atoms with Crippen molar-refractivity contribution in [1.82, 2.24) is 5.32 Å². The van der Waals surface area contributed by atoms with E-state index in [0.717, 1.165) is 44.2 Å². The van der Waals surface area contributed by atoms with Gasteiger partial charge in [0.2, 0.25) is 0 Å². The minimum Gasteiger partial charge on any atom is -0.468 e. The summed E-state index contributed by atoms with van der Waals surface area (Å²) < 4.78 is 44.4. The van der Waals surface area contributed by atoms with E-state index in [-0.39, 0.29) is 11.6 Å². The van der Waals surface area contributed by atoms with Crippen molar-refractivity contribution in [2.45, 2.75) is 44.2 Å². The van der Waals surface area contributed by atoms with Gasteiger partial charge in [0.25, 0.3) is 0 Å². The zero-order chi connectivity index (χ0) is 15.4. The van der Waals surface area contributed by atoms with E-state index < -0.39 is 29.5 Å². The average Bonchev–Trinajstić information content (AvgIpc) is 2.50. The summed E-state index contributed by atoms with van der Waals surface area (Å²) in [7, 11) is 1.20. The first kappa shape index (κ1) is 15.8. The number of esters is 1. The lowest BCUT2D eigenvalue weighted by Gasteiger charge is -2.27. The number of nitrogens with one attached hydrogen (secondary N) is 1. The van der Waals surface area contributed by atoms with Gasteiger partial charge in [0.15, 0.2) is 17.5 Å². The molecule has 6 heteroatoms. The van der Waals surface area contributed by atoms with E-state index in [1.165, 1.54) is 7.11 Å². The lowest BCUT2D eigenvalue weighted by atomic mass is 9.94. The van der Waals surface area contributed by atoms with Gasteiger partial charge in [-0.05, 0) is 30.5 Å². The predicted octanol–water partition coefficient (Wildman–Crippen LogP) is 3.24. The second-order valence-corrected chi connectivity index (χ2v) is 5.26. The number of halogens is 3. The molecule has 0 bridgehead atoms. The van der Waals surface area contributed by atoms with Crippen LogP contribution >= 0.6 is 0 Å². The van der Waals surface area contributed by atoms with Crippen molar-refractivity contribution in [3.05, 3.63) is 35.1 Å². The van der Waals surface area contributed by atoms with Crippen molar-refractivity contribution in [3.63, 3.8) is 0 Å². The SMILES string of the molecule is COC(=O)C(NC1CCCCC1)c1cc(F)c(F)c(F)c1. The summed E-state index contributed by atoms with van der Waals surface area (Å²) in [6.45, 7) is 0. The Bertz CT molecular complexity index is 493. The van der Waals surface area contributed by atoms with E-state index in [1.54, 1.807) is 0 Å². The highest BCUT2D eigenvalue weighted by molar-refractivity contribution is 5.77. The molecule has 1 aromatic carbocycles. The molecule has 0 spiro atoms. The van der Waals surface area contributed by atoms with Crippen LogP contribution < -0.4 is 5.32 Å². The largest absolute Gasteiger partial charge is 0.468 e. The molecule has 116 valence electrons. The van der Waals surface area contributed by atoms with Crippen LogP contribution in [0.25, 0.3) is 0 Å². The van der Waals surface area contributed by atoms with Crippen LogP contribution in [0, 0.1) is 17.5 Å². The van der Waals surface area contributed by atoms with Gasteiger partial charge in [-0.3, -0.25) is 5.32 Å². The lowest BCUT2D eigenvalue weighted by molar-refractivity contribution is -0.143. The molecule has 1 atom stereocenters. The average molecular weight is 301 g/mol. The number of hydrogen-bond donors (Lipinski definition) is 1. The molecule has 3 nitrogen and oxygen atoms in total. The Labute approximate surface area is 121 Å². The summed E-state index contributed by atoms with van der Waals surface area (Å²) in [6, 6.07) is 0.743. The molecule has 1 aromatic rings. The first-order chi connectivity index (χ1) is 10.0. The van der Waals surface area contributed by atoms with E-state index in [4.69, 9.17) is 0 Å². The van der Waals surface area contributed by atoms with E-state index in [2.05, 4.69) is 10.1 Å². The Hall–Kier alpha value is -1.56. The molecule has 0 aliphatic heterocycles. The summed E-state index contributed by atoms with van der Waals surface area (Å²) >= 11 is 0. The van der Waals surface area contributed by atoms with Gasteiger partial charge >= 0.3 is 5.97 Å². The van der Waals surface area contributed by atoms with Gasteiger partial charge in [0.05, 0.1) is 7.11 Å². The molecular formula is C15H18F3NO2. The van der Waals surface area contributed by atoms with Gasteiger partial charge in [-0.2, -0.15) is 0 Å². The van der Waals surface area contributed by atoms with E-state index in [9.17, 15) is 18.0 Å². The van der Waals surface area contributed by atoms with Crippen LogP contribution in [0.2, 0.25) is 0 Å². The highest BCUT2D eigenvalue weighted by atomic mass is 19.2. The van der Waals surface area contributed by atoms with Gasteiger partial charge in [0, 0.05) is 6.04 Å². The second kappa shape index (κ2) is 6.93. The van der Waals surface area contributed by atoms with Crippen LogP contribution in [-0.2, 0) is 9.53 Å². The molecule has 1 aliphatic carbocycles. The number of rotatable bonds is 4. The minimum absolute atomic E-state index is 0.0313. The molecule has 0 heterocycles. The number of benzene rings is 1. The van der Waals surface area contributed by atoms with Crippen LogP contribution in [-0.4, -0.2) is 19.1 Å². The normalized spacial score (nSPS) is 17.5. The first-order valence-electron chi connectivity index (χ1n) is 7.01. The topological polar surface area (TPSA) is 38.3 Å². The van der Waals surface area contributed by atoms with Gasteiger partial charge in [-0.15, -0.1) is 0 Å². The fourth-order valence-electron chi connectivity index (χ4n) is 2.66. The Balaban J connectivity index is 2.25. The number of carbonyl (C=O) groups excluding carboxylic acids is 1. The molecule has 1 N–H and O–H groups in total. The number of hydrogen-bond acceptors (Lipinski definition) is 3. The molecule has 1 saturated carbocycles. The molecule has 0 aromatic heterocycles. The summed E-state index contributed by atoms with van der Waals surface area (Å²) in [5, 5.41) is 3.07. The minimum atomic E-state index is -1.54. The molecule has 21 heavy (non-hydrogen) atoms. The van der Waals surface area contributed by atoms with Crippen molar-refractivity contribution in [2.75, 3.05) is 7.11 Å². The molecular weight excluding hydrogens is 283 g/mol. The number of methoxy groups -OCH3 is 1. The fraction of sp³-hybridized carbons (Fsp3) is 0.533. The molecule has 0 saturated heterocycles. The third-order valence-corrected chi connectivity index (χ3v) is 3.78. The summed E-state index contributed by atoms with van der Waals surface area (Å²) in [5.41, 5.74) is 0.0313. The Morgan fingerprint density at radius 1 is 1.19 bits per heavy atom. The third-order valence-electron chi connectivity index (χ3n) is 3.78. The smallest absolute Gasteiger partial charge is 0.327 e. The van der Waals surface area contributed by atoms with Gasteiger partial charge < -0.3 is 4.74 Å². The first-order valence-corrected chi connectivity index (χ1v) is 7.01. The molecule has 1 fully saturated rings. The van der Waals surface area contributed by atoms with Crippen LogP contribution in [0.5, 0.6) is 0 Å². The van der Waals surface area contributed by atoms with Crippen LogP contribution in [0.1, 0.15) is 43.7 Å². The maximum Gasteiger partial charge on any atom is 0.327 e. The van der Waals surface area contributed by atoms with E-state index >= 15 is 0 Å². The van der Waals surface area contributed by atoms with Crippen molar-refractivity contribution in [2.24, 2.45) is 0 Å². The zero-order valence-electron chi connectivity index (χ0n) is 11.8. The van der Waals surface area contributed by atoms with Gasteiger partial charge in [-0.1, -0.05) is 19.3 Å². The predicted molar refractivity (Wildman–Crippen MR) is 71.1 cm³/mol. The molecule has 0 radical (unpaired) electrons. The summed E-state index contributed by atoms with van der Waals surface area (Å²) in [5.74, 6) is -4.82. The molecule has 1 unspecified atom stereocenters. The third kappa shape index (κ3) is 3.75. The Kier molecular flexibility index (Phi) is 5.22. The number of carbonyl (C=O) groups is 1. The highest BCUT2D eigenvalue weighted by Crippen LogP contribution is 2.24. The Morgan fingerprint density at radius 3 is 2.29 bits per heavy atom. The summed E-state index contributed by atoms with van der Waals surface area (Å²) in [6.07, 6.45) is 5.00. The highest BCUT2D eigenvalue weighted by Gasteiger charge is 2.27. The van der Waals surface area contributed by atoms with Crippen molar-refractivity contribution in [1.29, 1.82) is 0 Å². The number of ether oxygens (including phenoxy) is 1. The van der Waals surface area contributed by atoms with E-state index in [0.29, 0.717) is 0 Å². The molecule has 0 amide bonds. The van der Waals surface area contributed by atoms with Crippen molar-refractivity contribution < 1.29 is 22.7 Å². The van der Waals surface area contributed by atoms with Gasteiger partial charge in [0.1, 0.15) is 6.04 Å². The van der Waals surface area contributed by atoms with Crippen LogP contribution in [0.4, 0.5) is 13.2 Å². The standard InChI is InChI=1S/C15H18F3NO2/c1-21-15(20)14(19-10-5-3-2-4-6-10)9-7-11(16)13(18)12(17)8-9/h7-8,10,14,19H,2-6H2,1H3. The quantitative estimate of drug-likeness (QED) is 0.685. The van der Waals surface area contributed by atoms with Crippen molar-refractivity contribution >= 4 is 5.97 Å². The van der Waals surface area contributed by atoms with Crippen LogP contribution in [0.15, 0.2) is 12.1 Å². The monoisotopic (exact) mass is 301 g/mol. The fourth-order valence-corrected chi connectivity index (χ4v) is 2.66.